The van der Waals surface area contributed by atoms with Crippen molar-refractivity contribution < 1.29 is 13.9 Å². The lowest BCUT2D eigenvalue weighted by Crippen LogP contribution is -2.29. The quantitative estimate of drug-likeness (QED) is 0.755. The van der Waals surface area contributed by atoms with E-state index in [4.69, 9.17) is 0 Å². The first-order valence-electron chi connectivity index (χ1n) is 5.65. The maximum atomic E-state index is 13.0. The summed E-state index contributed by atoms with van der Waals surface area (Å²) in [5.74, 6) is -1.87. The zero-order chi connectivity index (χ0) is 13.5. The van der Waals surface area contributed by atoms with E-state index in [1.165, 1.54) is 6.07 Å². The Morgan fingerprint density at radius 2 is 1.78 bits per heavy atom. The second-order valence-electron chi connectivity index (χ2n) is 3.99. The summed E-state index contributed by atoms with van der Waals surface area (Å²) in [7, 11) is 0. The zero-order valence-electron chi connectivity index (χ0n) is 10.1. The van der Waals surface area contributed by atoms with Crippen molar-refractivity contribution in [3.63, 3.8) is 0 Å². The lowest BCUT2D eigenvalue weighted by atomic mass is 10.1. The Hall–Kier alpha value is -1.52. The molecule has 1 aromatic rings. The molecule has 0 amide bonds. The molecule has 98 valence electrons. The maximum absolute atomic E-state index is 13.0. The van der Waals surface area contributed by atoms with Crippen LogP contribution >= 0.6 is 0 Å². The summed E-state index contributed by atoms with van der Waals surface area (Å²) in [5, 5.41) is 9.96. The average molecular weight is 253 g/mol. The van der Waals surface area contributed by atoms with Crippen LogP contribution in [-0.2, 0) is 0 Å². The van der Waals surface area contributed by atoms with Gasteiger partial charge in [0.05, 0.1) is 6.10 Å². The Bertz CT molecular complexity index is 410. The topological polar surface area (TPSA) is 23.5 Å². The minimum Gasteiger partial charge on any atom is -0.387 e. The normalized spacial score (nSPS) is 12.4. The fraction of sp³-hybridized carbons (Fsp3) is 0.286. The van der Waals surface area contributed by atoms with E-state index in [-0.39, 0.29) is 0 Å². The average Bonchev–Trinajstić information content (AvgIpc) is 2.33. The van der Waals surface area contributed by atoms with Gasteiger partial charge in [-0.15, -0.1) is 13.2 Å². The molecule has 0 heterocycles. The highest BCUT2D eigenvalue weighted by atomic mass is 19.2. The van der Waals surface area contributed by atoms with Crippen LogP contribution in [-0.4, -0.2) is 29.6 Å². The van der Waals surface area contributed by atoms with Crippen LogP contribution in [0.5, 0.6) is 0 Å². The number of hydrogen-bond acceptors (Lipinski definition) is 2. The number of halogens is 2. The molecule has 0 aliphatic rings. The summed E-state index contributed by atoms with van der Waals surface area (Å²) in [5.41, 5.74) is 0.354. The first kappa shape index (κ1) is 14.5. The third-order valence-electron chi connectivity index (χ3n) is 2.53. The van der Waals surface area contributed by atoms with Gasteiger partial charge in [-0.2, -0.15) is 0 Å². The highest BCUT2D eigenvalue weighted by Gasteiger charge is 2.13. The van der Waals surface area contributed by atoms with E-state index in [1.807, 2.05) is 4.90 Å². The van der Waals surface area contributed by atoms with Crippen molar-refractivity contribution in [3.8, 4) is 0 Å². The van der Waals surface area contributed by atoms with Gasteiger partial charge in [0.2, 0.25) is 0 Å². The van der Waals surface area contributed by atoms with Crippen LogP contribution in [0.2, 0.25) is 0 Å². The number of rotatable bonds is 7. The highest BCUT2D eigenvalue weighted by molar-refractivity contribution is 5.20. The van der Waals surface area contributed by atoms with E-state index in [0.717, 1.165) is 12.1 Å². The van der Waals surface area contributed by atoms with Gasteiger partial charge in [-0.3, -0.25) is 4.90 Å². The molecule has 0 saturated heterocycles. The monoisotopic (exact) mass is 253 g/mol. The molecule has 18 heavy (non-hydrogen) atoms. The van der Waals surface area contributed by atoms with Crippen molar-refractivity contribution >= 4 is 0 Å². The summed E-state index contributed by atoms with van der Waals surface area (Å²) < 4.78 is 25.8. The van der Waals surface area contributed by atoms with Crippen molar-refractivity contribution in [1.29, 1.82) is 0 Å². The Labute approximate surface area is 106 Å². The smallest absolute Gasteiger partial charge is 0.159 e. The van der Waals surface area contributed by atoms with Crippen LogP contribution < -0.4 is 0 Å². The summed E-state index contributed by atoms with van der Waals surface area (Å²) >= 11 is 0. The predicted octanol–water partition coefficient (Wildman–Crippen LogP) is 2.67. The maximum Gasteiger partial charge on any atom is 0.159 e. The lowest BCUT2D eigenvalue weighted by Gasteiger charge is -2.22. The van der Waals surface area contributed by atoms with Gasteiger partial charge in [0.15, 0.2) is 11.6 Å². The molecule has 2 nitrogen and oxygen atoms in total. The van der Waals surface area contributed by atoms with E-state index >= 15 is 0 Å². The van der Waals surface area contributed by atoms with Crippen LogP contribution in [0.1, 0.15) is 11.7 Å². The van der Waals surface area contributed by atoms with Crippen LogP contribution in [0.25, 0.3) is 0 Å². The summed E-state index contributed by atoms with van der Waals surface area (Å²) in [6, 6.07) is 3.41. The molecule has 0 aliphatic heterocycles. The minimum absolute atomic E-state index is 0.309. The van der Waals surface area contributed by atoms with E-state index in [0.29, 0.717) is 25.2 Å². The molecule has 0 radical (unpaired) electrons. The molecule has 0 bridgehead atoms. The molecule has 1 atom stereocenters. The van der Waals surface area contributed by atoms with E-state index in [2.05, 4.69) is 13.2 Å². The number of aliphatic hydroxyl groups excluding tert-OH is 1. The minimum atomic E-state index is -0.953. The first-order chi connectivity index (χ1) is 8.58. The fourth-order valence-electron chi connectivity index (χ4n) is 1.66. The third kappa shape index (κ3) is 4.05. The van der Waals surface area contributed by atoms with Crippen LogP contribution in [0.15, 0.2) is 43.5 Å². The van der Waals surface area contributed by atoms with Gasteiger partial charge in [0.25, 0.3) is 0 Å². The predicted molar refractivity (Wildman–Crippen MR) is 68.2 cm³/mol. The molecule has 1 rings (SSSR count). The van der Waals surface area contributed by atoms with E-state index in [1.54, 1.807) is 12.2 Å². The van der Waals surface area contributed by atoms with Crippen LogP contribution in [0.4, 0.5) is 8.78 Å². The van der Waals surface area contributed by atoms with Gasteiger partial charge in [0.1, 0.15) is 0 Å². The SMILES string of the molecule is C=CCN(CC=C)CC(O)c1ccc(F)c(F)c1. The Balaban J connectivity index is 2.72. The molecule has 1 unspecified atom stereocenters. The molecule has 0 aliphatic carbocycles. The van der Waals surface area contributed by atoms with E-state index < -0.39 is 17.7 Å². The van der Waals surface area contributed by atoms with Gasteiger partial charge in [-0.1, -0.05) is 18.2 Å². The fourth-order valence-corrected chi connectivity index (χ4v) is 1.66. The molecule has 0 aromatic heterocycles. The molecule has 0 saturated carbocycles. The van der Waals surface area contributed by atoms with Gasteiger partial charge < -0.3 is 5.11 Å². The standard InChI is InChI=1S/C14H17F2NO/c1-3-7-17(8-4-2)10-14(18)11-5-6-12(15)13(16)9-11/h3-6,9,14,18H,1-2,7-8,10H2. The Morgan fingerprint density at radius 1 is 1.17 bits per heavy atom. The number of aliphatic hydroxyl groups is 1. The number of hydrogen-bond donors (Lipinski definition) is 1. The van der Waals surface area contributed by atoms with Crippen LogP contribution in [0.3, 0.4) is 0 Å². The number of nitrogens with zero attached hydrogens (tertiary/aromatic N) is 1. The summed E-state index contributed by atoms with van der Waals surface area (Å²) in [6.45, 7) is 8.73. The molecular formula is C14H17F2NO. The highest BCUT2D eigenvalue weighted by Crippen LogP contribution is 2.17. The van der Waals surface area contributed by atoms with Gasteiger partial charge in [0, 0.05) is 19.6 Å². The van der Waals surface area contributed by atoms with Crippen molar-refractivity contribution in [2.24, 2.45) is 0 Å². The zero-order valence-corrected chi connectivity index (χ0v) is 10.1. The first-order valence-corrected chi connectivity index (χ1v) is 5.65. The second-order valence-corrected chi connectivity index (χ2v) is 3.99. The summed E-state index contributed by atoms with van der Waals surface area (Å²) in [6.07, 6.45) is 2.54. The molecule has 4 heteroatoms. The second kappa shape index (κ2) is 7.03. The van der Waals surface area contributed by atoms with Gasteiger partial charge in [-0.25, -0.2) is 8.78 Å². The molecule has 0 fully saturated rings. The third-order valence-corrected chi connectivity index (χ3v) is 2.53. The van der Waals surface area contributed by atoms with E-state index in [9.17, 15) is 13.9 Å². The van der Waals surface area contributed by atoms with Crippen molar-refractivity contribution in [2.45, 2.75) is 6.10 Å². The molecular weight excluding hydrogens is 236 g/mol. The summed E-state index contributed by atoms with van der Waals surface area (Å²) in [4.78, 5) is 1.89. The Kier molecular flexibility index (Phi) is 5.68. The van der Waals surface area contributed by atoms with Gasteiger partial charge in [-0.05, 0) is 17.7 Å². The van der Waals surface area contributed by atoms with Crippen molar-refractivity contribution in [2.75, 3.05) is 19.6 Å². The number of benzene rings is 1. The molecule has 0 spiro atoms. The van der Waals surface area contributed by atoms with Crippen molar-refractivity contribution in [1.82, 2.24) is 4.90 Å². The van der Waals surface area contributed by atoms with Crippen LogP contribution in [0, 0.1) is 11.6 Å². The largest absolute Gasteiger partial charge is 0.387 e. The lowest BCUT2D eigenvalue weighted by molar-refractivity contribution is 0.125. The molecule has 1 N–H and O–H groups in total. The Morgan fingerprint density at radius 3 is 2.28 bits per heavy atom. The van der Waals surface area contributed by atoms with Gasteiger partial charge >= 0.3 is 0 Å². The van der Waals surface area contributed by atoms with Crippen molar-refractivity contribution in [3.05, 3.63) is 60.7 Å². The molecule has 1 aromatic carbocycles.